The normalized spacial score (nSPS) is 10.8. The number of carbonyl (C=O) groups is 1. The first-order valence-electron chi connectivity index (χ1n) is 8.74. The van der Waals surface area contributed by atoms with Gasteiger partial charge in [-0.05, 0) is 42.8 Å². The highest BCUT2D eigenvalue weighted by atomic mass is 16.5. The summed E-state index contributed by atoms with van der Waals surface area (Å²) in [7, 11) is 0. The zero-order valence-electron chi connectivity index (χ0n) is 14.9. The van der Waals surface area contributed by atoms with Gasteiger partial charge in [0.2, 0.25) is 5.91 Å². The summed E-state index contributed by atoms with van der Waals surface area (Å²) in [5, 5.41) is 9.71. The Morgan fingerprint density at radius 1 is 1.15 bits per heavy atom. The largest absolute Gasteiger partial charge is 0.490 e. The van der Waals surface area contributed by atoms with E-state index in [1.165, 1.54) is 0 Å². The van der Waals surface area contributed by atoms with E-state index in [0.717, 1.165) is 17.0 Å². The molecule has 0 atom stereocenters. The highest BCUT2D eigenvalue weighted by Crippen LogP contribution is 2.21. The van der Waals surface area contributed by atoms with Crippen molar-refractivity contribution in [2.75, 3.05) is 17.7 Å². The number of nitrogens with one attached hydrogen (secondary N) is 2. The van der Waals surface area contributed by atoms with E-state index in [1.807, 2.05) is 54.6 Å². The standard InChI is InChI=1S/C21H22N4O2/c22-17-7-5-8-18(15-17)24-21(26)10-2-1-3-13-27-19-9-4-6-16(14-19)20-11-12-23-25-20/h1,3-9,11-12,14-15H,2,10,13,22H2,(H,23,25)(H,24,26)/b3-1+. The van der Waals surface area contributed by atoms with Gasteiger partial charge < -0.3 is 15.8 Å². The molecule has 1 heterocycles. The van der Waals surface area contributed by atoms with Gasteiger partial charge in [0, 0.05) is 29.6 Å². The molecule has 138 valence electrons. The van der Waals surface area contributed by atoms with Crippen LogP contribution in [0.15, 0.2) is 72.9 Å². The molecule has 0 aliphatic rings. The van der Waals surface area contributed by atoms with Crippen LogP contribution in [0.4, 0.5) is 11.4 Å². The topological polar surface area (TPSA) is 93.0 Å². The van der Waals surface area contributed by atoms with E-state index in [2.05, 4.69) is 15.5 Å². The minimum atomic E-state index is -0.0431. The van der Waals surface area contributed by atoms with Gasteiger partial charge in [-0.2, -0.15) is 5.10 Å². The van der Waals surface area contributed by atoms with E-state index in [9.17, 15) is 4.79 Å². The van der Waals surface area contributed by atoms with Crippen molar-refractivity contribution in [1.82, 2.24) is 10.2 Å². The number of benzene rings is 2. The average Bonchev–Trinajstić information content (AvgIpc) is 3.20. The lowest BCUT2D eigenvalue weighted by atomic mass is 10.1. The fourth-order valence-corrected chi connectivity index (χ4v) is 2.55. The van der Waals surface area contributed by atoms with Gasteiger partial charge in [0.05, 0.1) is 5.69 Å². The predicted molar refractivity (Wildman–Crippen MR) is 107 cm³/mol. The lowest BCUT2D eigenvalue weighted by Crippen LogP contribution is -2.10. The van der Waals surface area contributed by atoms with Crippen molar-refractivity contribution < 1.29 is 9.53 Å². The number of ether oxygens (including phenoxy) is 1. The number of nitrogen functional groups attached to an aromatic ring is 1. The SMILES string of the molecule is Nc1cccc(NC(=O)CC/C=C/COc2cccc(-c3ccn[nH]3)c2)c1. The Morgan fingerprint density at radius 3 is 2.85 bits per heavy atom. The third kappa shape index (κ3) is 5.74. The number of aromatic amines is 1. The maximum Gasteiger partial charge on any atom is 0.224 e. The Hall–Kier alpha value is -3.54. The maximum absolute atomic E-state index is 11.9. The number of nitrogens with two attached hydrogens (primary N) is 1. The predicted octanol–water partition coefficient (Wildman–Crippen LogP) is 4.01. The second kappa shape index (κ2) is 9.24. The fourth-order valence-electron chi connectivity index (χ4n) is 2.55. The second-order valence-electron chi connectivity index (χ2n) is 5.99. The van der Waals surface area contributed by atoms with Crippen LogP contribution >= 0.6 is 0 Å². The minimum absolute atomic E-state index is 0.0431. The van der Waals surface area contributed by atoms with Crippen LogP contribution in [0.3, 0.4) is 0 Å². The molecule has 0 spiro atoms. The molecule has 0 bridgehead atoms. The first-order valence-corrected chi connectivity index (χ1v) is 8.74. The quantitative estimate of drug-likeness (QED) is 0.417. The van der Waals surface area contributed by atoms with Gasteiger partial charge in [-0.1, -0.05) is 30.4 Å². The van der Waals surface area contributed by atoms with Crippen molar-refractivity contribution >= 4 is 17.3 Å². The first kappa shape index (κ1) is 18.3. The first-order chi connectivity index (χ1) is 13.2. The monoisotopic (exact) mass is 362 g/mol. The lowest BCUT2D eigenvalue weighted by molar-refractivity contribution is -0.116. The molecule has 1 aromatic heterocycles. The van der Waals surface area contributed by atoms with Gasteiger partial charge in [-0.3, -0.25) is 9.89 Å². The molecule has 0 fully saturated rings. The van der Waals surface area contributed by atoms with Gasteiger partial charge in [0.1, 0.15) is 12.4 Å². The number of allylic oxidation sites excluding steroid dienone is 1. The van der Waals surface area contributed by atoms with E-state index < -0.39 is 0 Å². The lowest BCUT2D eigenvalue weighted by Gasteiger charge is -2.05. The molecular weight excluding hydrogens is 340 g/mol. The molecule has 0 saturated heterocycles. The maximum atomic E-state index is 11.9. The molecule has 6 heteroatoms. The molecule has 0 aliphatic heterocycles. The number of H-pyrrole nitrogens is 1. The van der Waals surface area contributed by atoms with E-state index in [1.54, 1.807) is 18.3 Å². The molecule has 4 N–H and O–H groups in total. The Labute approximate surface area is 158 Å². The van der Waals surface area contributed by atoms with Crippen molar-refractivity contribution in [2.45, 2.75) is 12.8 Å². The van der Waals surface area contributed by atoms with Crippen molar-refractivity contribution in [3.05, 3.63) is 72.9 Å². The van der Waals surface area contributed by atoms with E-state index in [4.69, 9.17) is 10.5 Å². The molecule has 0 radical (unpaired) electrons. The zero-order valence-corrected chi connectivity index (χ0v) is 14.9. The van der Waals surface area contributed by atoms with Gasteiger partial charge >= 0.3 is 0 Å². The average molecular weight is 362 g/mol. The Morgan fingerprint density at radius 2 is 2.04 bits per heavy atom. The van der Waals surface area contributed by atoms with Crippen molar-refractivity contribution in [1.29, 1.82) is 0 Å². The minimum Gasteiger partial charge on any atom is -0.490 e. The number of rotatable bonds is 8. The summed E-state index contributed by atoms with van der Waals surface area (Å²) < 4.78 is 5.73. The van der Waals surface area contributed by atoms with E-state index >= 15 is 0 Å². The number of hydrogen-bond donors (Lipinski definition) is 3. The Bertz CT molecular complexity index is 904. The van der Waals surface area contributed by atoms with Crippen LogP contribution in [0, 0.1) is 0 Å². The second-order valence-corrected chi connectivity index (χ2v) is 5.99. The van der Waals surface area contributed by atoms with E-state index in [0.29, 0.717) is 30.8 Å². The molecule has 3 rings (SSSR count). The van der Waals surface area contributed by atoms with Crippen LogP contribution in [-0.2, 0) is 4.79 Å². The summed E-state index contributed by atoms with van der Waals surface area (Å²) in [5.74, 6) is 0.740. The number of anilines is 2. The molecule has 0 saturated carbocycles. The molecule has 1 amide bonds. The molecular formula is C21H22N4O2. The molecule has 2 aromatic carbocycles. The summed E-state index contributed by atoms with van der Waals surface area (Å²) in [6.45, 7) is 0.448. The van der Waals surface area contributed by atoms with Crippen LogP contribution in [0.2, 0.25) is 0 Å². The molecule has 0 unspecified atom stereocenters. The van der Waals surface area contributed by atoms with Crippen molar-refractivity contribution in [3.8, 4) is 17.0 Å². The van der Waals surface area contributed by atoms with Crippen LogP contribution in [-0.4, -0.2) is 22.7 Å². The highest BCUT2D eigenvalue weighted by molar-refractivity contribution is 5.91. The van der Waals surface area contributed by atoms with E-state index in [-0.39, 0.29) is 5.91 Å². The summed E-state index contributed by atoms with van der Waals surface area (Å²) in [4.78, 5) is 11.9. The molecule has 27 heavy (non-hydrogen) atoms. The van der Waals surface area contributed by atoms with Crippen molar-refractivity contribution in [2.24, 2.45) is 0 Å². The Kier molecular flexibility index (Phi) is 6.25. The molecule has 3 aromatic rings. The molecule has 0 aliphatic carbocycles. The van der Waals surface area contributed by atoms with Gasteiger partial charge in [0.25, 0.3) is 0 Å². The summed E-state index contributed by atoms with van der Waals surface area (Å²) in [6.07, 6.45) is 6.62. The van der Waals surface area contributed by atoms with Crippen LogP contribution in [0.5, 0.6) is 5.75 Å². The van der Waals surface area contributed by atoms with Gasteiger partial charge in [0.15, 0.2) is 0 Å². The number of nitrogens with zero attached hydrogens (tertiary/aromatic N) is 1. The van der Waals surface area contributed by atoms with Crippen LogP contribution in [0.1, 0.15) is 12.8 Å². The third-order valence-corrected chi connectivity index (χ3v) is 3.87. The third-order valence-electron chi connectivity index (χ3n) is 3.87. The fraction of sp³-hybridized carbons (Fsp3) is 0.143. The summed E-state index contributed by atoms with van der Waals surface area (Å²) in [5.41, 5.74) is 9.00. The molecule has 6 nitrogen and oxygen atoms in total. The summed E-state index contributed by atoms with van der Waals surface area (Å²) >= 11 is 0. The zero-order chi connectivity index (χ0) is 18.9. The van der Waals surface area contributed by atoms with Crippen LogP contribution in [0.25, 0.3) is 11.3 Å². The van der Waals surface area contributed by atoms with Crippen molar-refractivity contribution in [3.63, 3.8) is 0 Å². The number of carbonyl (C=O) groups excluding carboxylic acids is 1. The van der Waals surface area contributed by atoms with Gasteiger partial charge in [-0.25, -0.2) is 0 Å². The van der Waals surface area contributed by atoms with Crippen LogP contribution < -0.4 is 15.8 Å². The number of amides is 1. The highest BCUT2D eigenvalue weighted by Gasteiger charge is 2.02. The summed E-state index contributed by atoms with van der Waals surface area (Å²) in [6, 6.07) is 16.9. The Balaban J connectivity index is 1.39. The van der Waals surface area contributed by atoms with Gasteiger partial charge in [-0.15, -0.1) is 0 Å². The number of aromatic nitrogens is 2. The number of hydrogen-bond acceptors (Lipinski definition) is 4. The smallest absolute Gasteiger partial charge is 0.224 e.